The molecular formula is C27H36N4O7S. The van der Waals surface area contributed by atoms with Crippen LogP contribution in [0.5, 0.6) is 0 Å². The number of hydrogen-bond acceptors (Lipinski definition) is 9. The van der Waals surface area contributed by atoms with Crippen LogP contribution in [0, 0.1) is 0 Å². The Hall–Kier alpha value is -3.51. The van der Waals surface area contributed by atoms with Crippen molar-refractivity contribution in [2.24, 2.45) is 0 Å². The Kier molecular flexibility index (Phi) is 10.4. The zero-order valence-corrected chi connectivity index (χ0v) is 23.4. The molecule has 1 saturated heterocycles. The summed E-state index contributed by atoms with van der Waals surface area (Å²) in [4.78, 5) is 57.4. The third kappa shape index (κ3) is 8.75. The summed E-state index contributed by atoms with van der Waals surface area (Å²) in [6, 6.07) is 6.28. The van der Waals surface area contributed by atoms with E-state index in [4.69, 9.17) is 4.74 Å². The summed E-state index contributed by atoms with van der Waals surface area (Å²) in [6.07, 6.45) is -1.08. The minimum Gasteiger partial charge on any atom is -0.467 e. The zero-order valence-electron chi connectivity index (χ0n) is 22.6. The second-order valence-corrected chi connectivity index (χ2v) is 11.1. The monoisotopic (exact) mass is 560 g/mol. The average molecular weight is 561 g/mol. The lowest BCUT2D eigenvalue weighted by Crippen LogP contribution is -2.57. The van der Waals surface area contributed by atoms with Crippen molar-refractivity contribution in [3.63, 3.8) is 0 Å². The Labute approximate surface area is 231 Å². The zero-order chi connectivity index (χ0) is 28.6. The molecule has 3 N–H and O–H groups in total. The van der Waals surface area contributed by atoms with E-state index in [-0.39, 0.29) is 12.8 Å². The molecule has 1 aromatic carbocycles. The molecular weight excluding hydrogens is 524 g/mol. The summed E-state index contributed by atoms with van der Waals surface area (Å²) in [5, 5.41) is 17.8. The van der Waals surface area contributed by atoms with E-state index in [0.29, 0.717) is 25.1 Å². The summed E-state index contributed by atoms with van der Waals surface area (Å²) < 4.78 is 10.0. The van der Waals surface area contributed by atoms with E-state index in [2.05, 4.69) is 20.4 Å². The molecule has 2 aromatic rings. The molecule has 0 aliphatic carbocycles. The van der Waals surface area contributed by atoms with Crippen molar-refractivity contribution in [2.75, 3.05) is 13.7 Å². The van der Waals surface area contributed by atoms with Gasteiger partial charge in [0.25, 0.3) is 0 Å². The molecule has 2 heterocycles. The van der Waals surface area contributed by atoms with Crippen LogP contribution in [0.25, 0.3) is 0 Å². The van der Waals surface area contributed by atoms with E-state index < -0.39 is 53.7 Å². The Morgan fingerprint density at radius 1 is 1.15 bits per heavy atom. The van der Waals surface area contributed by atoms with Crippen molar-refractivity contribution in [1.82, 2.24) is 20.5 Å². The number of carbonyl (C=O) groups excluding carboxylic acids is 4. The number of alkyl carbamates (subject to hydrolysis) is 1. The van der Waals surface area contributed by atoms with E-state index >= 15 is 0 Å². The molecule has 1 fully saturated rings. The summed E-state index contributed by atoms with van der Waals surface area (Å²) in [5.41, 5.74) is 2.30. The molecule has 212 valence electrons. The topological polar surface area (TPSA) is 147 Å². The lowest BCUT2D eigenvalue weighted by atomic mass is 10.0. The van der Waals surface area contributed by atoms with Crippen LogP contribution in [-0.2, 0) is 36.7 Å². The minimum atomic E-state index is -1.60. The highest BCUT2D eigenvalue weighted by Gasteiger charge is 2.40. The number of amides is 3. The van der Waals surface area contributed by atoms with E-state index in [9.17, 15) is 24.3 Å². The minimum absolute atomic E-state index is 0.129. The van der Waals surface area contributed by atoms with Gasteiger partial charge >= 0.3 is 12.1 Å². The second kappa shape index (κ2) is 13.5. The SMILES string of the molecule is COC(=O)C(O)C(Cc1ccccc1)NC(=O)[C@@H]1CCCN1C(=O)[C@H](Cc1cscn1)NC(=O)OC(C)(C)C. The smallest absolute Gasteiger partial charge is 0.408 e. The first-order valence-corrected chi connectivity index (χ1v) is 13.7. The molecule has 39 heavy (non-hydrogen) atoms. The van der Waals surface area contributed by atoms with Gasteiger partial charge in [-0.15, -0.1) is 11.3 Å². The Morgan fingerprint density at radius 3 is 2.49 bits per heavy atom. The van der Waals surface area contributed by atoms with Crippen LogP contribution < -0.4 is 10.6 Å². The van der Waals surface area contributed by atoms with Gasteiger partial charge in [-0.1, -0.05) is 30.3 Å². The molecule has 0 bridgehead atoms. The third-order valence-corrected chi connectivity index (χ3v) is 6.81. The predicted molar refractivity (Wildman–Crippen MR) is 144 cm³/mol. The Morgan fingerprint density at radius 2 is 1.87 bits per heavy atom. The normalized spacial score (nSPS) is 17.6. The lowest BCUT2D eigenvalue weighted by Gasteiger charge is -2.31. The molecule has 12 heteroatoms. The quantitative estimate of drug-likeness (QED) is 0.373. The van der Waals surface area contributed by atoms with E-state index in [1.807, 2.05) is 30.3 Å². The molecule has 3 amide bonds. The Bertz CT molecular complexity index is 1120. The first-order chi connectivity index (χ1) is 18.5. The number of aliphatic hydroxyl groups excluding tert-OH is 1. The lowest BCUT2D eigenvalue weighted by molar-refractivity contribution is -0.152. The van der Waals surface area contributed by atoms with Crippen molar-refractivity contribution < 1.29 is 33.8 Å². The van der Waals surface area contributed by atoms with E-state index in [1.165, 1.54) is 16.2 Å². The first kappa shape index (κ1) is 30.0. The molecule has 1 aliphatic rings. The van der Waals surface area contributed by atoms with Crippen LogP contribution in [0.15, 0.2) is 41.2 Å². The molecule has 4 atom stereocenters. The second-order valence-electron chi connectivity index (χ2n) is 10.3. The highest BCUT2D eigenvalue weighted by Crippen LogP contribution is 2.21. The van der Waals surface area contributed by atoms with Gasteiger partial charge in [0, 0.05) is 18.3 Å². The molecule has 3 rings (SSSR count). The van der Waals surface area contributed by atoms with Gasteiger partial charge in [-0.05, 0) is 45.6 Å². The predicted octanol–water partition coefficient (Wildman–Crippen LogP) is 1.83. The largest absolute Gasteiger partial charge is 0.467 e. The fourth-order valence-electron chi connectivity index (χ4n) is 4.37. The maximum atomic E-state index is 13.7. The van der Waals surface area contributed by atoms with Crippen LogP contribution in [0.1, 0.15) is 44.9 Å². The van der Waals surface area contributed by atoms with E-state index in [1.54, 1.807) is 31.7 Å². The number of aliphatic hydroxyl groups is 1. The summed E-state index contributed by atoms with van der Waals surface area (Å²) in [6.45, 7) is 5.47. The van der Waals surface area contributed by atoms with Crippen LogP contribution in [0.4, 0.5) is 4.79 Å². The fourth-order valence-corrected chi connectivity index (χ4v) is 4.95. The fraction of sp³-hybridized carbons (Fsp3) is 0.519. The van der Waals surface area contributed by atoms with Gasteiger partial charge < -0.3 is 30.1 Å². The van der Waals surface area contributed by atoms with Crippen LogP contribution in [0.2, 0.25) is 0 Å². The van der Waals surface area contributed by atoms with Crippen molar-refractivity contribution in [3.8, 4) is 0 Å². The van der Waals surface area contributed by atoms with Crippen LogP contribution >= 0.6 is 11.3 Å². The van der Waals surface area contributed by atoms with Gasteiger partial charge in [0.1, 0.15) is 17.7 Å². The third-order valence-electron chi connectivity index (χ3n) is 6.17. The van der Waals surface area contributed by atoms with Crippen molar-refractivity contribution in [3.05, 3.63) is 52.5 Å². The highest BCUT2D eigenvalue weighted by molar-refractivity contribution is 7.07. The molecule has 0 saturated carbocycles. The number of likely N-dealkylation sites (tertiary alicyclic amines) is 1. The van der Waals surface area contributed by atoms with Gasteiger partial charge in [-0.2, -0.15) is 0 Å². The van der Waals surface area contributed by atoms with Gasteiger partial charge in [-0.3, -0.25) is 9.59 Å². The van der Waals surface area contributed by atoms with Crippen LogP contribution in [0.3, 0.4) is 0 Å². The molecule has 2 unspecified atom stereocenters. The molecule has 11 nitrogen and oxygen atoms in total. The van der Waals surface area contributed by atoms with Gasteiger partial charge in [0.15, 0.2) is 6.10 Å². The maximum absolute atomic E-state index is 13.7. The number of methoxy groups -OCH3 is 1. The standard InChI is InChI=1S/C27H36N4O7S/c1-27(2,3)38-26(36)30-20(14-18-15-39-16-28-18)24(34)31-12-8-11-21(31)23(33)29-19(22(32)25(35)37-4)13-17-9-6-5-7-10-17/h5-7,9-10,15-16,19-22,32H,8,11-14H2,1-4H3,(H,29,33)(H,30,36)/t19?,20-,21-,22?/m0/s1. The number of carbonyl (C=O) groups is 4. The number of rotatable bonds is 10. The van der Waals surface area contributed by atoms with Gasteiger partial charge in [0.2, 0.25) is 11.8 Å². The number of nitrogens with one attached hydrogen (secondary N) is 2. The van der Waals surface area contributed by atoms with Crippen LogP contribution in [-0.4, -0.2) is 82.4 Å². The Balaban J connectivity index is 1.77. The molecule has 1 aromatic heterocycles. The summed E-state index contributed by atoms with van der Waals surface area (Å²) >= 11 is 1.37. The maximum Gasteiger partial charge on any atom is 0.408 e. The van der Waals surface area contributed by atoms with Gasteiger partial charge in [-0.25, -0.2) is 14.6 Å². The number of hydrogen-bond donors (Lipinski definition) is 3. The van der Waals surface area contributed by atoms with Crippen molar-refractivity contribution in [2.45, 2.75) is 76.3 Å². The number of ether oxygens (including phenoxy) is 2. The molecule has 0 radical (unpaired) electrons. The summed E-state index contributed by atoms with van der Waals surface area (Å²) in [5.74, 6) is -1.82. The molecule has 1 aliphatic heterocycles. The van der Waals surface area contributed by atoms with Crippen molar-refractivity contribution >= 4 is 35.2 Å². The average Bonchev–Trinajstić information content (AvgIpc) is 3.58. The molecule has 0 spiro atoms. The van der Waals surface area contributed by atoms with Crippen molar-refractivity contribution in [1.29, 1.82) is 0 Å². The number of esters is 1. The summed E-state index contributed by atoms with van der Waals surface area (Å²) in [7, 11) is 1.16. The highest BCUT2D eigenvalue weighted by atomic mass is 32.1. The first-order valence-electron chi connectivity index (χ1n) is 12.8. The number of thiazole rings is 1. The number of nitrogens with zero attached hydrogens (tertiary/aromatic N) is 2. The number of benzene rings is 1. The number of aromatic nitrogens is 1. The van der Waals surface area contributed by atoms with Gasteiger partial charge in [0.05, 0.1) is 24.4 Å². The van der Waals surface area contributed by atoms with E-state index in [0.717, 1.165) is 12.7 Å².